The molecule has 2 heterocycles. The minimum atomic E-state index is -0.283. The van der Waals surface area contributed by atoms with Crippen molar-refractivity contribution in [1.29, 1.82) is 0 Å². The van der Waals surface area contributed by atoms with Crippen LogP contribution in [0.15, 0.2) is 45.5 Å². The Hall–Kier alpha value is -1.20. The maximum absolute atomic E-state index is 14.0. The van der Waals surface area contributed by atoms with E-state index in [-0.39, 0.29) is 5.82 Å². The van der Waals surface area contributed by atoms with E-state index in [0.717, 1.165) is 20.3 Å². The van der Waals surface area contributed by atoms with Crippen molar-refractivity contribution >= 4 is 37.5 Å². The Balaban J connectivity index is 2.23. The molecular weight excluding hydrogens is 375 g/mol. The van der Waals surface area contributed by atoms with Crippen LogP contribution >= 0.6 is 31.9 Å². The molecule has 2 aromatic heterocycles. The highest BCUT2D eigenvalue weighted by molar-refractivity contribution is 9.10. The maximum atomic E-state index is 14.0. The topological polar surface area (TPSA) is 17.3 Å². The van der Waals surface area contributed by atoms with Gasteiger partial charge in [-0.3, -0.25) is 0 Å². The van der Waals surface area contributed by atoms with Gasteiger partial charge in [-0.2, -0.15) is 0 Å². The van der Waals surface area contributed by atoms with Crippen LogP contribution < -0.4 is 0 Å². The van der Waals surface area contributed by atoms with E-state index >= 15 is 0 Å². The van der Waals surface area contributed by atoms with E-state index in [1.807, 2.05) is 35.7 Å². The second-order valence-electron chi connectivity index (χ2n) is 4.25. The highest BCUT2D eigenvalue weighted by Crippen LogP contribution is 2.27. The molecule has 0 fully saturated rings. The normalized spacial score (nSPS) is 11.2. The molecule has 0 radical (unpaired) electrons. The predicted molar refractivity (Wildman–Crippen MR) is 80.7 cm³/mol. The average molecular weight is 384 g/mol. The molecule has 2 nitrogen and oxygen atoms in total. The first-order chi connectivity index (χ1) is 9.06. The van der Waals surface area contributed by atoms with E-state index in [1.165, 1.54) is 6.07 Å². The number of aryl methyl sites for hydroxylation is 1. The van der Waals surface area contributed by atoms with Crippen LogP contribution in [0.2, 0.25) is 0 Å². The van der Waals surface area contributed by atoms with Crippen LogP contribution in [0.3, 0.4) is 0 Å². The van der Waals surface area contributed by atoms with Gasteiger partial charge >= 0.3 is 0 Å². The van der Waals surface area contributed by atoms with Gasteiger partial charge in [0.15, 0.2) is 0 Å². The monoisotopic (exact) mass is 382 g/mol. The second kappa shape index (κ2) is 4.72. The largest absolute Gasteiger partial charge is 0.303 e. The summed E-state index contributed by atoms with van der Waals surface area (Å²) in [5.74, 6) is -0.283. The van der Waals surface area contributed by atoms with Gasteiger partial charge in [0.05, 0.1) is 5.69 Å². The van der Waals surface area contributed by atoms with Gasteiger partial charge in [-0.15, -0.1) is 0 Å². The number of imidazole rings is 1. The molecule has 0 aliphatic heterocycles. The molecule has 0 aliphatic rings. The number of fused-ring (bicyclic) bond motifs is 1. The number of halogens is 3. The summed E-state index contributed by atoms with van der Waals surface area (Å²) in [6, 6.07) is 8.83. The van der Waals surface area contributed by atoms with Gasteiger partial charge < -0.3 is 4.40 Å². The molecule has 0 saturated carbocycles. The van der Waals surface area contributed by atoms with Crippen molar-refractivity contribution in [2.24, 2.45) is 0 Å². The molecule has 3 aromatic rings. The van der Waals surface area contributed by atoms with Crippen molar-refractivity contribution < 1.29 is 4.39 Å². The molecule has 1 aromatic carbocycles. The van der Waals surface area contributed by atoms with E-state index in [9.17, 15) is 4.39 Å². The number of rotatable bonds is 1. The Morgan fingerprint density at radius 3 is 2.68 bits per heavy atom. The lowest BCUT2D eigenvalue weighted by molar-refractivity contribution is 0.630. The zero-order chi connectivity index (χ0) is 13.6. The summed E-state index contributed by atoms with van der Waals surface area (Å²) in [4.78, 5) is 4.46. The summed E-state index contributed by atoms with van der Waals surface area (Å²) >= 11 is 6.73. The second-order valence-corrected chi connectivity index (χ2v) is 6.02. The quantitative estimate of drug-likeness (QED) is 0.579. The first kappa shape index (κ1) is 12.8. The predicted octanol–water partition coefficient (Wildman–Crippen LogP) is 4.97. The van der Waals surface area contributed by atoms with E-state index in [1.54, 1.807) is 6.07 Å². The van der Waals surface area contributed by atoms with Crippen LogP contribution in [0, 0.1) is 12.7 Å². The fourth-order valence-corrected chi connectivity index (χ4v) is 2.65. The maximum Gasteiger partial charge on any atom is 0.137 e. The molecule has 0 spiro atoms. The highest BCUT2D eigenvalue weighted by Gasteiger charge is 2.11. The Labute approximate surface area is 126 Å². The first-order valence-electron chi connectivity index (χ1n) is 5.66. The summed E-state index contributed by atoms with van der Waals surface area (Å²) < 4.78 is 17.6. The van der Waals surface area contributed by atoms with Gasteiger partial charge in [-0.1, -0.05) is 15.9 Å². The molecule has 0 N–H and O–H groups in total. The summed E-state index contributed by atoms with van der Waals surface area (Å²) in [5, 5.41) is 0. The zero-order valence-corrected chi connectivity index (χ0v) is 13.2. The van der Waals surface area contributed by atoms with Crippen LogP contribution in [-0.4, -0.2) is 9.38 Å². The van der Waals surface area contributed by atoms with Gasteiger partial charge in [-0.25, -0.2) is 9.37 Å². The molecule has 0 aliphatic carbocycles. The first-order valence-corrected chi connectivity index (χ1v) is 7.24. The standard InChI is InChI=1S/C14H9Br2FN2/c1-8-11(16)4-5-14-18-13(7-19(8)14)10-3-2-9(15)6-12(10)17/h2-7H,1H3. The van der Waals surface area contributed by atoms with Crippen molar-refractivity contribution in [3.8, 4) is 11.3 Å². The van der Waals surface area contributed by atoms with Gasteiger partial charge in [0.25, 0.3) is 0 Å². The molecule has 96 valence electrons. The number of benzene rings is 1. The fraction of sp³-hybridized carbons (Fsp3) is 0.0714. The van der Waals surface area contributed by atoms with E-state index in [2.05, 4.69) is 36.8 Å². The lowest BCUT2D eigenvalue weighted by atomic mass is 10.1. The van der Waals surface area contributed by atoms with Crippen LogP contribution in [0.5, 0.6) is 0 Å². The van der Waals surface area contributed by atoms with Gasteiger partial charge in [0.2, 0.25) is 0 Å². The molecule has 19 heavy (non-hydrogen) atoms. The molecule has 5 heteroatoms. The van der Waals surface area contributed by atoms with Gasteiger partial charge in [0, 0.05) is 26.4 Å². The minimum Gasteiger partial charge on any atom is -0.303 e. The minimum absolute atomic E-state index is 0.283. The fourth-order valence-electron chi connectivity index (χ4n) is 1.99. The molecule has 0 unspecified atom stereocenters. The van der Waals surface area contributed by atoms with E-state index < -0.39 is 0 Å². The third-order valence-electron chi connectivity index (χ3n) is 3.03. The summed E-state index contributed by atoms with van der Waals surface area (Å²) in [7, 11) is 0. The van der Waals surface area contributed by atoms with Crippen molar-refractivity contribution in [1.82, 2.24) is 9.38 Å². The van der Waals surface area contributed by atoms with E-state index in [4.69, 9.17) is 0 Å². The third-order valence-corrected chi connectivity index (χ3v) is 4.36. The Kier molecular flexibility index (Phi) is 3.19. The van der Waals surface area contributed by atoms with Gasteiger partial charge in [-0.05, 0) is 53.2 Å². The Bertz CT molecular complexity index is 780. The number of pyridine rings is 1. The summed E-state index contributed by atoms with van der Waals surface area (Å²) in [5.41, 5.74) is 2.97. The number of aromatic nitrogens is 2. The molecule has 0 amide bonds. The lowest BCUT2D eigenvalue weighted by Crippen LogP contribution is -1.89. The van der Waals surface area contributed by atoms with Crippen molar-refractivity contribution in [3.63, 3.8) is 0 Å². The van der Waals surface area contributed by atoms with E-state index in [0.29, 0.717) is 11.3 Å². The summed E-state index contributed by atoms with van der Waals surface area (Å²) in [6.45, 7) is 1.99. The third kappa shape index (κ3) is 2.21. The van der Waals surface area contributed by atoms with Crippen LogP contribution in [0.4, 0.5) is 4.39 Å². The lowest BCUT2D eigenvalue weighted by Gasteiger charge is -2.00. The Morgan fingerprint density at radius 1 is 1.16 bits per heavy atom. The molecule has 3 rings (SSSR count). The zero-order valence-electron chi connectivity index (χ0n) is 9.99. The SMILES string of the molecule is Cc1c(Br)ccc2nc(-c3ccc(Br)cc3F)cn12. The Morgan fingerprint density at radius 2 is 1.95 bits per heavy atom. The smallest absolute Gasteiger partial charge is 0.137 e. The molecule has 0 saturated heterocycles. The average Bonchev–Trinajstić information content (AvgIpc) is 2.78. The van der Waals surface area contributed by atoms with Crippen molar-refractivity contribution in [3.05, 3.63) is 57.0 Å². The number of hydrogen-bond acceptors (Lipinski definition) is 1. The van der Waals surface area contributed by atoms with Crippen LogP contribution in [-0.2, 0) is 0 Å². The molecule has 0 bridgehead atoms. The van der Waals surface area contributed by atoms with Crippen LogP contribution in [0.1, 0.15) is 5.69 Å². The summed E-state index contributed by atoms with van der Waals surface area (Å²) in [6.07, 6.45) is 1.85. The number of hydrogen-bond donors (Lipinski definition) is 0. The van der Waals surface area contributed by atoms with Crippen LogP contribution in [0.25, 0.3) is 16.9 Å². The molecule has 0 atom stereocenters. The highest BCUT2D eigenvalue weighted by atomic mass is 79.9. The van der Waals surface area contributed by atoms with Crippen molar-refractivity contribution in [2.45, 2.75) is 6.92 Å². The molecular formula is C14H9Br2FN2. The van der Waals surface area contributed by atoms with Crippen molar-refractivity contribution in [2.75, 3.05) is 0 Å². The van der Waals surface area contributed by atoms with Gasteiger partial charge in [0.1, 0.15) is 11.5 Å². The number of nitrogens with zero attached hydrogens (tertiary/aromatic N) is 2.